The van der Waals surface area contributed by atoms with E-state index in [1.165, 1.54) is 11.1 Å². The molecule has 1 heterocycles. The summed E-state index contributed by atoms with van der Waals surface area (Å²) in [4.78, 5) is 14.3. The van der Waals surface area contributed by atoms with Crippen LogP contribution in [0.2, 0.25) is 0 Å². The van der Waals surface area contributed by atoms with E-state index in [-0.39, 0.29) is 5.91 Å². The Kier molecular flexibility index (Phi) is 3.51. The van der Waals surface area contributed by atoms with E-state index in [4.69, 9.17) is 0 Å². The second-order valence-electron chi connectivity index (χ2n) is 4.87. The molecule has 0 saturated heterocycles. The molecule has 1 atom stereocenters. The van der Waals surface area contributed by atoms with E-state index in [9.17, 15) is 4.79 Å². The van der Waals surface area contributed by atoms with Crippen LogP contribution in [-0.2, 0) is 0 Å². The molecule has 2 rings (SSSR count). The summed E-state index contributed by atoms with van der Waals surface area (Å²) in [5.74, 6) is 0.740. The predicted octanol–water partition coefficient (Wildman–Crippen LogP) is 3.35. The Morgan fingerprint density at radius 1 is 1.35 bits per heavy atom. The minimum Gasteiger partial charge on any atom is -0.339 e. The lowest BCUT2D eigenvalue weighted by Gasteiger charge is -2.18. The zero-order valence-corrected chi connectivity index (χ0v) is 11.0. The largest absolute Gasteiger partial charge is 0.339 e. The summed E-state index contributed by atoms with van der Waals surface area (Å²) in [6.45, 7) is 8.06. The van der Waals surface area contributed by atoms with Crippen LogP contribution in [0.3, 0.4) is 0 Å². The Labute approximate surface area is 104 Å². The molecule has 1 amide bonds. The fraction of sp³-hybridized carbons (Fsp3) is 0.533. The van der Waals surface area contributed by atoms with Gasteiger partial charge in [-0.15, -0.1) is 0 Å². The van der Waals surface area contributed by atoms with Gasteiger partial charge in [-0.05, 0) is 44.2 Å². The van der Waals surface area contributed by atoms with Gasteiger partial charge in [-0.2, -0.15) is 0 Å². The van der Waals surface area contributed by atoms with E-state index in [2.05, 4.69) is 26.8 Å². The number of benzene rings is 1. The lowest BCUT2D eigenvalue weighted by Crippen LogP contribution is -2.30. The van der Waals surface area contributed by atoms with Gasteiger partial charge in [0, 0.05) is 18.7 Å². The Balaban J connectivity index is 2.49. The Morgan fingerprint density at radius 3 is 2.76 bits per heavy atom. The number of aryl methyl sites for hydroxylation is 1. The van der Waals surface area contributed by atoms with E-state index in [1.54, 1.807) is 0 Å². The SMILES string of the molecule is CCC1CCN(CC)C(=O)c2ccc(C)cc21. The highest BCUT2D eigenvalue weighted by Crippen LogP contribution is 2.31. The number of carbonyl (C=O) groups is 1. The smallest absolute Gasteiger partial charge is 0.254 e. The molecule has 17 heavy (non-hydrogen) atoms. The number of hydrogen-bond acceptors (Lipinski definition) is 1. The maximum atomic E-state index is 12.4. The van der Waals surface area contributed by atoms with Gasteiger partial charge in [0.15, 0.2) is 0 Å². The Hall–Kier alpha value is -1.31. The number of carbonyl (C=O) groups excluding carboxylic acids is 1. The van der Waals surface area contributed by atoms with Crippen LogP contribution in [0.25, 0.3) is 0 Å². The average molecular weight is 231 g/mol. The normalized spacial score (nSPS) is 20.1. The number of fused-ring (bicyclic) bond motifs is 1. The molecule has 2 heteroatoms. The van der Waals surface area contributed by atoms with Gasteiger partial charge in [0.1, 0.15) is 0 Å². The number of nitrogens with zero attached hydrogens (tertiary/aromatic N) is 1. The molecular weight excluding hydrogens is 210 g/mol. The molecule has 2 nitrogen and oxygen atoms in total. The maximum absolute atomic E-state index is 12.4. The zero-order chi connectivity index (χ0) is 12.4. The predicted molar refractivity (Wildman–Crippen MR) is 70.4 cm³/mol. The van der Waals surface area contributed by atoms with Crippen LogP contribution in [0.4, 0.5) is 0 Å². The summed E-state index contributed by atoms with van der Waals surface area (Å²) in [5.41, 5.74) is 3.43. The van der Waals surface area contributed by atoms with Gasteiger partial charge < -0.3 is 4.90 Å². The van der Waals surface area contributed by atoms with Gasteiger partial charge in [0.2, 0.25) is 0 Å². The van der Waals surface area contributed by atoms with Gasteiger partial charge >= 0.3 is 0 Å². The molecule has 0 aliphatic carbocycles. The van der Waals surface area contributed by atoms with E-state index >= 15 is 0 Å². The van der Waals surface area contributed by atoms with Gasteiger partial charge in [0.05, 0.1) is 0 Å². The topological polar surface area (TPSA) is 20.3 Å². The first kappa shape index (κ1) is 12.2. The molecule has 1 aromatic carbocycles. The van der Waals surface area contributed by atoms with E-state index in [1.807, 2.05) is 17.0 Å². The van der Waals surface area contributed by atoms with E-state index < -0.39 is 0 Å². The molecule has 1 unspecified atom stereocenters. The van der Waals surface area contributed by atoms with Crippen molar-refractivity contribution in [3.8, 4) is 0 Å². The minimum atomic E-state index is 0.207. The van der Waals surface area contributed by atoms with Crippen molar-refractivity contribution in [1.29, 1.82) is 0 Å². The van der Waals surface area contributed by atoms with Crippen LogP contribution in [0.1, 0.15) is 54.1 Å². The molecular formula is C15H21NO. The van der Waals surface area contributed by atoms with Crippen molar-refractivity contribution < 1.29 is 4.79 Å². The fourth-order valence-corrected chi connectivity index (χ4v) is 2.68. The van der Waals surface area contributed by atoms with Crippen LogP contribution in [0.5, 0.6) is 0 Å². The van der Waals surface area contributed by atoms with E-state index in [0.29, 0.717) is 5.92 Å². The van der Waals surface area contributed by atoms with Crippen LogP contribution >= 0.6 is 0 Å². The average Bonchev–Trinajstić information content (AvgIpc) is 2.46. The summed E-state index contributed by atoms with van der Waals surface area (Å²) in [5, 5.41) is 0. The third-order valence-corrected chi connectivity index (χ3v) is 3.79. The lowest BCUT2D eigenvalue weighted by atomic mass is 9.89. The molecule has 0 aromatic heterocycles. The standard InChI is InChI=1S/C15H21NO/c1-4-12-8-9-16(5-2)15(17)13-7-6-11(3)10-14(12)13/h6-7,10,12H,4-5,8-9H2,1-3H3. The van der Waals surface area contributed by atoms with Crippen LogP contribution in [0, 0.1) is 6.92 Å². The molecule has 0 fully saturated rings. The summed E-state index contributed by atoms with van der Waals surface area (Å²) in [6, 6.07) is 6.24. The summed E-state index contributed by atoms with van der Waals surface area (Å²) < 4.78 is 0. The molecule has 0 radical (unpaired) electrons. The number of amides is 1. The highest BCUT2D eigenvalue weighted by molar-refractivity contribution is 5.96. The molecule has 1 aliphatic heterocycles. The van der Waals surface area contributed by atoms with Gasteiger partial charge in [0.25, 0.3) is 5.91 Å². The third kappa shape index (κ3) is 2.21. The van der Waals surface area contributed by atoms with Gasteiger partial charge in [-0.1, -0.05) is 24.6 Å². The van der Waals surface area contributed by atoms with Crippen molar-refractivity contribution >= 4 is 5.91 Å². The van der Waals surface area contributed by atoms with Crippen molar-refractivity contribution in [3.63, 3.8) is 0 Å². The van der Waals surface area contributed by atoms with Crippen LogP contribution in [-0.4, -0.2) is 23.9 Å². The molecule has 0 N–H and O–H groups in total. The minimum absolute atomic E-state index is 0.207. The molecule has 0 bridgehead atoms. The summed E-state index contributed by atoms with van der Waals surface area (Å²) in [6.07, 6.45) is 2.20. The summed E-state index contributed by atoms with van der Waals surface area (Å²) >= 11 is 0. The fourth-order valence-electron chi connectivity index (χ4n) is 2.68. The molecule has 92 valence electrons. The third-order valence-electron chi connectivity index (χ3n) is 3.79. The van der Waals surface area contributed by atoms with Crippen LogP contribution < -0.4 is 0 Å². The number of hydrogen-bond donors (Lipinski definition) is 0. The van der Waals surface area contributed by atoms with Crippen LogP contribution in [0.15, 0.2) is 18.2 Å². The van der Waals surface area contributed by atoms with Crippen molar-refractivity contribution in [1.82, 2.24) is 4.90 Å². The highest BCUT2D eigenvalue weighted by Gasteiger charge is 2.26. The second-order valence-corrected chi connectivity index (χ2v) is 4.87. The molecule has 0 saturated carbocycles. The zero-order valence-electron chi connectivity index (χ0n) is 11.0. The second kappa shape index (κ2) is 4.91. The molecule has 0 spiro atoms. The van der Waals surface area contributed by atoms with Gasteiger partial charge in [-0.3, -0.25) is 4.79 Å². The maximum Gasteiger partial charge on any atom is 0.254 e. The monoisotopic (exact) mass is 231 g/mol. The Bertz CT molecular complexity index is 425. The lowest BCUT2D eigenvalue weighted by molar-refractivity contribution is 0.0768. The molecule has 1 aromatic rings. The summed E-state index contributed by atoms with van der Waals surface area (Å²) in [7, 11) is 0. The molecule has 1 aliphatic rings. The van der Waals surface area contributed by atoms with Crippen molar-refractivity contribution in [2.45, 2.75) is 39.5 Å². The van der Waals surface area contributed by atoms with Crippen molar-refractivity contribution in [2.24, 2.45) is 0 Å². The Morgan fingerprint density at radius 2 is 2.12 bits per heavy atom. The number of rotatable bonds is 2. The van der Waals surface area contributed by atoms with Crippen molar-refractivity contribution in [3.05, 3.63) is 34.9 Å². The van der Waals surface area contributed by atoms with Gasteiger partial charge in [-0.25, -0.2) is 0 Å². The quantitative estimate of drug-likeness (QED) is 0.764. The van der Waals surface area contributed by atoms with E-state index in [0.717, 1.165) is 31.5 Å². The first-order valence-corrected chi connectivity index (χ1v) is 6.57. The first-order valence-electron chi connectivity index (χ1n) is 6.57. The highest BCUT2D eigenvalue weighted by atomic mass is 16.2. The van der Waals surface area contributed by atoms with Crippen molar-refractivity contribution in [2.75, 3.05) is 13.1 Å². The first-order chi connectivity index (χ1) is 8.17.